The van der Waals surface area contributed by atoms with E-state index < -0.39 is 11.9 Å². The number of fused-ring (bicyclic) bond motifs is 1. The van der Waals surface area contributed by atoms with Crippen LogP contribution in [-0.2, 0) is 16.1 Å². The van der Waals surface area contributed by atoms with Gasteiger partial charge < -0.3 is 20.4 Å². The molecule has 0 aliphatic carbocycles. The van der Waals surface area contributed by atoms with Gasteiger partial charge in [-0.25, -0.2) is 4.79 Å². The second-order valence-corrected chi connectivity index (χ2v) is 10.7. The number of ether oxygens (including phenoxy) is 1. The molecular weight excluding hydrogens is 518 g/mol. The lowest BCUT2D eigenvalue weighted by Crippen LogP contribution is -2.17. The van der Waals surface area contributed by atoms with Gasteiger partial charge in [0.2, 0.25) is 5.91 Å². The SMILES string of the molecule is CCCn1c(SCC(=O)Nc2sc(C(N)=O)c(C)c2C(=O)OCC)nnc1-c1csc2ccccc12. The Bertz CT molecular complexity index is 1440. The molecule has 12 heteroatoms. The first-order valence-corrected chi connectivity index (χ1v) is 14.0. The lowest BCUT2D eigenvalue weighted by molar-refractivity contribution is -0.113. The molecule has 1 aromatic carbocycles. The molecule has 4 aromatic rings. The molecule has 0 aliphatic rings. The van der Waals surface area contributed by atoms with Gasteiger partial charge in [0.25, 0.3) is 5.91 Å². The van der Waals surface area contributed by atoms with Crippen LogP contribution in [0.2, 0.25) is 0 Å². The van der Waals surface area contributed by atoms with E-state index in [9.17, 15) is 14.4 Å². The molecule has 0 saturated heterocycles. The fourth-order valence-electron chi connectivity index (χ4n) is 3.75. The van der Waals surface area contributed by atoms with Crippen LogP contribution < -0.4 is 11.1 Å². The molecule has 0 spiro atoms. The number of anilines is 1. The minimum Gasteiger partial charge on any atom is -0.462 e. The zero-order valence-corrected chi connectivity index (χ0v) is 22.4. The van der Waals surface area contributed by atoms with E-state index in [4.69, 9.17) is 10.5 Å². The highest BCUT2D eigenvalue weighted by molar-refractivity contribution is 7.99. The third-order valence-corrected chi connectivity index (χ3v) is 8.47. The lowest BCUT2D eigenvalue weighted by Gasteiger charge is -2.09. The number of hydrogen-bond donors (Lipinski definition) is 2. The number of thiophene rings is 2. The second-order valence-electron chi connectivity index (χ2n) is 7.79. The van der Waals surface area contributed by atoms with Crippen molar-refractivity contribution in [2.75, 3.05) is 17.7 Å². The van der Waals surface area contributed by atoms with E-state index in [1.165, 1.54) is 16.5 Å². The number of carbonyl (C=O) groups is 3. The highest BCUT2D eigenvalue weighted by Gasteiger charge is 2.26. The molecule has 4 rings (SSSR count). The summed E-state index contributed by atoms with van der Waals surface area (Å²) in [5.74, 6) is -0.827. The van der Waals surface area contributed by atoms with Gasteiger partial charge in [0, 0.05) is 27.6 Å². The number of carbonyl (C=O) groups excluding carboxylic acids is 3. The van der Waals surface area contributed by atoms with Crippen molar-refractivity contribution < 1.29 is 19.1 Å². The van der Waals surface area contributed by atoms with Gasteiger partial charge in [0.15, 0.2) is 11.0 Å². The molecule has 0 radical (unpaired) electrons. The third kappa shape index (κ3) is 5.15. The molecule has 0 atom stereocenters. The molecule has 3 heterocycles. The summed E-state index contributed by atoms with van der Waals surface area (Å²) in [6.45, 7) is 6.23. The van der Waals surface area contributed by atoms with Crippen LogP contribution in [0, 0.1) is 6.92 Å². The number of thioether (sulfide) groups is 1. The maximum atomic E-state index is 12.8. The van der Waals surface area contributed by atoms with Crippen molar-refractivity contribution in [2.45, 2.75) is 38.9 Å². The van der Waals surface area contributed by atoms with Crippen molar-refractivity contribution in [1.82, 2.24) is 14.8 Å². The average Bonchev–Trinajstić information content (AvgIpc) is 3.53. The monoisotopic (exact) mass is 543 g/mol. The van der Waals surface area contributed by atoms with Crippen molar-refractivity contribution >= 4 is 67.3 Å². The van der Waals surface area contributed by atoms with E-state index >= 15 is 0 Å². The zero-order valence-electron chi connectivity index (χ0n) is 20.0. The van der Waals surface area contributed by atoms with Gasteiger partial charge in [-0.15, -0.1) is 32.9 Å². The number of nitrogens with two attached hydrogens (primary N) is 1. The second kappa shape index (κ2) is 11.2. The molecule has 0 saturated carbocycles. The Labute approximate surface area is 220 Å². The van der Waals surface area contributed by atoms with Gasteiger partial charge in [0.05, 0.1) is 22.8 Å². The van der Waals surface area contributed by atoms with Gasteiger partial charge in [-0.3, -0.25) is 9.59 Å². The van der Waals surface area contributed by atoms with Crippen LogP contribution in [0.1, 0.15) is 45.9 Å². The Hall–Kier alpha value is -3.22. The van der Waals surface area contributed by atoms with E-state index in [0.29, 0.717) is 17.3 Å². The molecule has 0 unspecified atom stereocenters. The molecule has 3 N–H and O–H groups in total. The number of nitrogens with one attached hydrogen (secondary N) is 1. The quantitative estimate of drug-likeness (QED) is 0.214. The number of aromatic nitrogens is 3. The summed E-state index contributed by atoms with van der Waals surface area (Å²) in [6.07, 6.45) is 0.875. The van der Waals surface area contributed by atoms with Crippen molar-refractivity contribution in [1.29, 1.82) is 0 Å². The molecule has 2 amide bonds. The number of benzene rings is 1. The summed E-state index contributed by atoms with van der Waals surface area (Å²) in [7, 11) is 0. The third-order valence-electron chi connectivity index (χ3n) is 5.32. The van der Waals surface area contributed by atoms with E-state index in [1.807, 2.05) is 16.7 Å². The smallest absolute Gasteiger partial charge is 0.341 e. The highest BCUT2D eigenvalue weighted by Crippen LogP contribution is 2.36. The summed E-state index contributed by atoms with van der Waals surface area (Å²) in [4.78, 5) is 37.3. The van der Waals surface area contributed by atoms with Gasteiger partial charge in [-0.05, 0) is 31.9 Å². The topological polar surface area (TPSA) is 129 Å². The van der Waals surface area contributed by atoms with E-state index in [1.54, 1.807) is 25.2 Å². The normalized spacial score (nSPS) is 11.1. The molecular formula is C24H25N5O4S3. The van der Waals surface area contributed by atoms with E-state index in [-0.39, 0.29) is 33.7 Å². The van der Waals surface area contributed by atoms with Crippen LogP contribution in [0.3, 0.4) is 0 Å². The van der Waals surface area contributed by atoms with Gasteiger partial charge in [-0.2, -0.15) is 0 Å². The van der Waals surface area contributed by atoms with Gasteiger partial charge >= 0.3 is 5.97 Å². The molecule has 36 heavy (non-hydrogen) atoms. The Morgan fingerprint density at radius 1 is 1.19 bits per heavy atom. The van der Waals surface area contributed by atoms with Crippen molar-refractivity contribution in [3.8, 4) is 11.4 Å². The largest absolute Gasteiger partial charge is 0.462 e. The molecule has 0 bridgehead atoms. The number of esters is 1. The van der Waals surface area contributed by atoms with Crippen LogP contribution in [0.15, 0.2) is 34.8 Å². The Morgan fingerprint density at radius 3 is 2.69 bits per heavy atom. The number of hydrogen-bond acceptors (Lipinski definition) is 9. The minimum absolute atomic E-state index is 0.0390. The summed E-state index contributed by atoms with van der Waals surface area (Å²) < 4.78 is 8.30. The average molecular weight is 544 g/mol. The Balaban J connectivity index is 1.54. The summed E-state index contributed by atoms with van der Waals surface area (Å²) in [6, 6.07) is 8.15. The summed E-state index contributed by atoms with van der Waals surface area (Å²) in [5.41, 5.74) is 7.00. The van der Waals surface area contributed by atoms with Crippen molar-refractivity contribution in [3.63, 3.8) is 0 Å². The van der Waals surface area contributed by atoms with Crippen LogP contribution in [0.5, 0.6) is 0 Å². The number of nitrogens with zero attached hydrogens (tertiary/aromatic N) is 3. The Morgan fingerprint density at radius 2 is 1.97 bits per heavy atom. The Kier molecular flexibility index (Phi) is 8.07. The van der Waals surface area contributed by atoms with Crippen LogP contribution in [-0.4, -0.2) is 44.9 Å². The number of primary amides is 1. The molecule has 9 nitrogen and oxygen atoms in total. The van der Waals surface area contributed by atoms with E-state index in [2.05, 4.69) is 40.0 Å². The molecule has 188 valence electrons. The summed E-state index contributed by atoms with van der Waals surface area (Å²) in [5, 5.41) is 15.6. The van der Waals surface area contributed by atoms with E-state index in [0.717, 1.165) is 34.5 Å². The fraction of sp³-hybridized carbons (Fsp3) is 0.292. The standard InChI is InChI=1S/C24H25N5O4S3/c1-4-10-29-21(15-11-34-16-9-7-6-8-14(15)16)27-28-24(29)35-12-17(30)26-22-18(23(32)33-5-2)13(3)19(36-22)20(25)31/h6-9,11H,4-5,10,12H2,1-3H3,(H2,25,31)(H,26,30). The van der Waals surface area contributed by atoms with Crippen LogP contribution in [0.4, 0.5) is 5.00 Å². The van der Waals surface area contributed by atoms with Crippen LogP contribution in [0.25, 0.3) is 21.5 Å². The fourth-order valence-corrected chi connectivity index (χ4v) is 6.52. The van der Waals surface area contributed by atoms with Gasteiger partial charge in [-0.1, -0.05) is 36.9 Å². The minimum atomic E-state index is -0.668. The van der Waals surface area contributed by atoms with Crippen molar-refractivity contribution in [3.05, 3.63) is 45.6 Å². The molecule has 3 aromatic heterocycles. The predicted octanol–water partition coefficient (Wildman–Crippen LogP) is 4.95. The molecule has 0 aliphatic heterocycles. The lowest BCUT2D eigenvalue weighted by atomic mass is 10.1. The van der Waals surface area contributed by atoms with Gasteiger partial charge in [0.1, 0.15) is 5.00 Å². The maximum Gasteiger partial charge on any atom is 0.341 e. The summed E-state index contributed by atoms with van der Waals surface area (Å²) >= 11 is 3.88. The number of rotatable bonds is 10. The highest BCUT2D eigenvalue weighted by atomic mass is 32.2. The van der Waals surface area contributed by atoms with Crippen molar-refractivity contribution in [2.24, 2.45) is 5.73 Å². The van der Waals surface area contributed by atoms with Crippen LogP contribution >= 0.6 is 34.4 Å². The maximum absolute atomic E-state index is 12.8. The first kappa shape index (κ1) is 25.9. The molecule has 0 fully saturated rings. The first-order valence-electron chi connectivity index (χ1n) is 11.3. The zero-order chi connectivity index (χ0) is 25.8. The predicted molar refractivity (Wildman–Crippen MR) is 144 cm³/mol. The first-order chi connectivity index (χ1) is 17.3. The number of amides is 2.